The molecule has 2 aliphatic heterocycles. The van der Waals surface area contributed by atoms with Crippen molar-refractivity contribution >= 4 is 17.9 Å². The van der Waals surface area contributed by atoms with E-state index in [1.807, 2.05) is 30.3 Å². The Kier molecular flexibility index (Phi) is 10.2. The van der Waals surface area contributed by atoms with Gasteiger partial charge in [0.2, 0.25) is 5.91 Å². The van der Waals surface area contributed by atoms with Crippen molar-refractivity contribution in [3.8, 4) is 11.3 Å². The molecular formula is C35H42F3N5O5. The molecule has 0 aliphatic carbocycles. The minimum atomic E-state index is -1.50. The third-order valence-corrected chi connectivity index (χ3v) is 8.69. The van der Waals surface area contributed by atoms with E-state index in [9.17, 15) is 23.9 Å². The van der Waals surface area contributed by atoms with Crippen LogP contribution in [-0.2, 0) is 20.9 Å². The molecule has 10 nitrogen and oxygen atoms in total. The van der Waals surface area contributed by atoms with Gasteiger partial charge in [0, 0.05) is 63.2 Å². The minimum absolute atomic E-state index is 0.0329. The predicted octanol–water partition coefficient (Wildman–Crippen LogP) is 4.81. The van der Waals surface area contributed by atoms with Crippen molar-refractivity contribution in [3.63, 3.8) is 0 Å². The van der Waals surface area contributed by atoms with E-state index in [0.29, 0.717) is 5.82 Å². The third kappa shape index (κ3) is 7.83. The molecule has 0 spiro atoms. The molecule has 2 aliphatic rings. The summed E-state index contributed by atoms with van der Waals surface area (Å²) in [5, 5.41) is 10.6. The Bertz CT molecular complexity index is 1640. The number of aliphatic hydroxyl groups is 1. The van der Waals surface area contributed by atoms with Gasteiger partial charge >= 0.3 is 6.09 Å². The number of aromatic nitrogens is 2. The third-order valence-electron chi connectivity index (χ3n) is 8.69. The molecule has 0 bridgehead atoms. The van der Waals surface area contributed by atoms with Crippen molar-refractivity contribution in [1.29, 1.82) is 0 Å². The molecule has 3 amide bonds. The van der Waals surface area contributed by atoms with E-state index in [0.717, 1.165) is 23.8 Å². The van der Waals surface area contributed by atoms with Crippen molar-refractivity contribution in [2.75, 3.05) is 32.7 Å². The number of imidazole rings is 1. The first-order chi connectivity index (χ1) is 22.6. The minimum Gasteiger partial charge on any atom is -0.444 e. The van der Waals surface area contributed by atoms with Crippen molar-refractivity contribution in [1.82, 2.24) is 24.3 Å². The van der Waals surface area contributed by atoms with Crippen LogP contribution in [0, 0.1) is 23.5 Å². The number of hydrogen-bond acceptors (Lipinski definition) is 6. The SMILES string of the molecule is CC(=O)N1CC(C(c2nc(-c3cc(F)ccc3F)cn2Cc2ccccc2)N(CC2CN(C(=O)OC(C)(C)C)CC2F)C(=O)[C@H](C)O)C1. The summed E-state index contributed by atoms with van der Waals surface area (Å²) >= 11 is 0. The topological polar surface area (TPSA) is 108 Å². The van der Waals surface area contributed by atoms with Crippen LogP contribution in [-0.4, -0.2) is 97.9 Å². The molecule has 258 valence electrons. The molecule has 0 saturated carbocycles. The molecule has 48 heavy (non-hydrogen) atoms. The number of aliphatic hydroxyl groups excluding tert-OH is 1. The fraction of sp³-hybridized carbons (Fsp3) is 0.486. The summed E-state index contributed by atoms with van der Waals surface area (Å²) in [4.78, 5) is 48.0. The number of alkyl halides is 1. The lowest BCUT2D eigenvalue weighted by atomic mass is 9.88. The first-order valence-electron chi connectivity index (χ1n) is 16.0. The van der Waals surface area contributed by atoms with Crippen LogP contribution >= 0.6 is 0 Å². The van der Waals surface area contributed by atoms with Gasteiger partial charge in [0.15, 0.2) is 0 Å². The molecule has 4 atom stereocenters. The lowest BCUT2D eigenvalue weighted by Gasteiger charge is -2.47. The number of likely N-dealkylation sites (tertiary alicyclic amines) is 2. The average molecular weight is 670 g/mol. The molecule has 13 heteroatoms. The fourth-order valence-electron chi connectivity index (χ4n) is 6.28. The maximum absolute atomic E-state index is 15.7. The van der Waals surface area contributed by atoms with Crippen molar-refractivity contribution in [2.45, 2.75) is 65.1 Å². The van der Waals surface area contributed by atoms with Gasteiger partial charge in [-0.15, -0.1) is 0 Å². The van der Waals surface area contributed by atoms with Gasteiger partial charge in [-0.3, -0.25) is 9.59 Å². The monoisotopic (exact) mass is 669 g/mol. The highest BCUT2D eigenvalue weighted by Crippen LogP contribution is 2.39. The quantitative estimate of drug-likeness (QED) is 0.351. The van der Waals surface area contributed by atoms with E-state index >= 15 is 8.78 Å². The molecular weight excluding hydrogens is 627 g/mol. The second kappa shape index (κ2) is 14.0. The van der Waals surface area contributed by atoms with Crippen LogP contribution in [0.2, 0.25) is 0 Å². The molecule has 3 aromatic rings. The van der Waals surface area contributed by atoms with Gasteiger partial charge in [-0.05, 0) is 51.5 Å². The van der Waals surface area contributed by atoms with Crippen LogP contribution in [0.25, 0.3) is 11.3 Å². The molecule has 2 aromatic carbocycles. The van der Waals surface area contributed by atoms with Gasteiger partial charge < -0.3 is 29.1 Å². The standard InChI is InChI=1S/C35H42F3N5O5/c1-21(44)33(46)43(18-24-15-42(19-29(24)38)34(47)48-35(3,4)5)31(25-16-40(17-25)22(2)45)32-39-30(27-13-26(36)11-12-28(27)37)20-41(32)14-23-9-7-6-8-10-23/h6-13,20-21,24-25,29,31,44H,14-19H2,1-5H3/t21-,24?,29?,31?/m0/s1. The Hall–Kier alpha value is -4.39. The number of ether oxygens (including phenoxy) is 1. The van der Waals surface area contributed by atoms with E-state index in [4.69, 9.17) is 9.72 Å². The van der Waals surface area contributed by atoms with Crippen molar-refractivity contribution in [3.05, 3.63) is 77.8 Å². The summed E-state index contributed by atoms with van der Waals surface area (Å²) in [6.45, 7) is 8.18. The van der Waals surface area contributed by atoms with E-state index < -0.39 is 53.5 Å². The first-order valence-corrected chi connectivity index (χ1v) is 16.0. The zero-order chi connectivity index (χ0) is 34.9. The molecule has 1 N–H and O–H groups in total. The van der Waals surface area contributed by atoms with Crippen LogP contribution in [0.1, 0.15) is 52.0 Å². The smallest absolute Gasteiger partial charge is 0.410 e. The van der Waals surface area contributed by atoms with Crippen LogP contribution < -0.4 is 0 Å². The zero-order valence-electron chi connectivity index (χ0n) is 27.8. The number of benzene rings is 2. The Labute approximate surface area is 278 Å². The first kappa shape index (κ1) is 34.9. The highest BCUT2D eigenvalue weighted by molar-refractivity contribution is 5.81. The largest absolute Gasteiger partial charge is 0.444 e. The highest BCUT2D eigenvalue weighted by Gasteiger charge is 2.46. The predicted molar refractivity (Wildman–Crippen MR) is 171 cm³/mol. The molecule has 3 unspecified atom stereocenters. The van der Waals surface area contributed by atoms with E-state index in [1.54, 1.807) is 36.4 Å². The molecule has 0 radical (unpaired) electrons. The summed E-state index contributed by atoms with van der Waals surface area (Å²) in [7, 11) is 0. The van der Waals surface area contributed by atoms with Crippen molar-refractivity contribution < 1.29 is 37.4 Å². The normalized spacial score (nSPS) is 19.5. The van der Waals surface area contributed by atoms with Gasteiger partial charge in [-0.25, -0.2) is 22.9 Å². The second-order valence-electron chi connectivity index (χ2n) is 13.7. The van der Waals surface area contributed by atoms with Gasteiger partial charge in [-0.1, -0.05) is 30.3 Å². The lowest BCUT2D eigenvalue weighted by Crippen LogP contribution is -2.57. The number of rotatable bonds is 9. The van der Waals surface area contributed by atoms with Gasteiger partial charge in [-0.2, -0.15) is 0 Å². The molecule has 2 saturated heterocycles. The van der Waals surface area contributed by atoms with Crippen LogP contribution in [0.5, 0.6) is 0 Å². The highest BCUT2D eigenvalue weighted by atomic mass is 19.1. The Morgan fingerprint density at radius 1 is 1.04 bits per heavy atom. The van der Waals surface area contributed by atoms with Gasteiger partial charge in [0.1, 0.15) is 35.3 Å². The molecule has 1 aromatic heterocycles. The zero-order valence-corrected chi connectivity index (χ0v) is 27.8. The maximum Gasteiger partial charge on any atom is 0.410 e. The summed E-state index contributed by atoms with van der Waals surface area (Å²) < 4.78 is 52.3. The lowest BCUT2D eigenvalue weighted by molar-refractivity contribution is -0.149. The number of halogens is 3. The summed E-state index contributed by atoms with van der Waals surface area (Å²) in [5.74, 6) is -3.13. The van der Waals surface area contributed by atoms with Gasteiger partial charge in [0.05, 0.1) is 18.3 Å². The van der Waals surface area contributed by atoms with Crippen LogP contribution in [0.3, 0.4) is 0 Å². The maximum atomic E-state index is 15.7. The Morgan fingerprint density at radius 3 is 2.35 bits per heavy atom. The Balaban J connectivity index is 1.59. The van der Waals surface area contributed by atoms with Crippen LogP contribution in [0.15, 0.2) is 54.7 Å². The van der Waals surface area contributed by atoms with E-state index in [2.05, 4.69) is 0 Å². The number of hydrogen-bond donors (Lipinski definition) is 1. The molecule has 3 heterocycles. The van der Waals surface area contributed by atoms with E-state index in [-0.39, 0.29) is 62.4 Å². The van der Waals surface area contributed by atoms with E-state index in [1.165, 1.54) is 23.6 Å². The molecule has 5 rings (SSSR count). The Morgan fingerprint density at radius 2 is 1.73 bits per heavy atom. The molecule has 2 fully saturated rings. The number of carbonyl (C=O) groups excluding carboxylic acids is 3. The number of amides is 3. The number of nitrogens with zero attached hydrogens (tertiary/aromatic N) is 5. The van der Waals surface area contributed by atoms with Crippen LogP contribution in [0.4, 0.5) is 18.0 Å². The summed E-state index contributed by atoms with van der Waals surface area (Å²) in [5.41, 5.74) is 0.112. The van der Waals surface area contributed by atoms with Crippen molar-refractivity contribution in [2.24, 2.45) is 11.8 Å². The van der Waals surface area contributed by atoms with Gasteiger partial charge in [0.25, 0.3) is 5.91 Å². The summed E-state index contributed by atoms with van der Waals surface area (Å²) in [6, 6.07) is 11.5. The summed E-state index contributed by atoms with van der Waals surface area (Å²) in [6.07, 6.45) is -2.07. The second-order valence-corrected chi connectivity index (χ2v) is 13.7. The average Bonchev–Trinajstić information content (AvgIpc) is 3.57. The fourth-order valence-corrected chi connectivity index (χ4v) is 6.28. The number of carbonyl (C=O) groups is 3.